The molecule has 102 valence electrons. The Morgan fingerprint density at radius 3 is 2.44 bits per heavy atom. The van der Waals surface area contributed by atoms with Gasteiger partial charge in [-0.3, -0.25) is 0 Å². The zero-order chi connectivity index (χ0) is 13.9. The molecule has 1 aromatic rings. The van der Waals surface area contributed by atoms with E-state index in [4.69, 9.17) is 11.6 Å². The largest absolute Gasteiger partial charge is 0.433 e. The average molecular weight is 282 g/mol. The van der Waals surface area contributed by atoms with Crippen LogP contribution >= 0.6 is 11.6 Å². The predicted molar refractivity (Wildman–Crippen MR) is 64.8 cm³/mol. The highest BCUT2D eigenvalue weighted by Crippen LogP contribution is 2.30. The van der Waals surface area contributed by atoms with Crippen LogP contribution in [0.2, 0.25) is 5.28 Å². The van der Waals surface area contributed by atoms with E-state index in [0.29, 0.717) is 12.5 Å². The molecule has 0 aromatic carbocycles. The van der Waals surface area contributed by atoms with Crippen molar-refractivity contribution in [2.75, 3.05) is 18.5 Å². The molecule has 0 saturated carbocycles. The van der Waals surface area contributed by atoms with Crippen LogP contribution in [-0.2, 0) is 6.18 Å². The first kappa shape index (κ1) is 15.0. The molecule has 0 saturated heterocycles. The smallest absolute Gasteiger partial charge is 0.360 e. The maximum atomic E-state index is 12.6. The van der Waals surface area contributed by atoms with E-state index in [0.717, 1.165) is 12.5 Å². The van der Waals surface area contributed by atoms with E-state index >= 15 is 0 Å². The van der Waals surface area contributed by atoms with Gasteiger partial charge in [-0.05, 0) is 23.9 Å². The van der Waals surface area contributed by atoms with Gasteiger partial charge < -0.3 is 4.90 Å². The van der Waals surface area contributed by atoms with Crippen LogP contribution in [0.5, 0.6) is 0 Å². The molecule has 0 bridgehead atoms. The third kappa shape index (κ3) is 4.33. The van der Waals surface area contributed by atoms with Crippen molar-refractivity contribution in [1.29, 1.82) is 0 Å². The summed E-state index contributed by atoms with van der Waals surface area (Å²) < 4.78 is 37.7. The monoisotopic (exact) mass is 281 g/mol. The summed E-state index contributed by atoms with van der Waals surface area (Å²) in [5.74, 6) is 0.648. The van der Waals surface area contributed by atoms with E-state index in [-0.39, 0.29) is 5.82 Å². The highest BCUT2D eigenvalue weighted by molar-refractivity contribution is 6.28. The molecule has 1 aromatic heterocycles. The van der Waals surface area contributed by atoms with Crippen LogP contribution in [0.25, 0.3) is 0 Å². The van der Waals surface area contributed by atoms with Crippen molar-refractivity contribution >= 4 is 17.4 Å². The summed E-state index contributed by atoms with van der Waals surface area (Å²) in [6, 6.07) is 0.909. The van der Waals surface area contributed by atoms with Crippen molar-refractivity contribution in [1.82, 2.24) is 9.97 Å². The first-order valence-electron chi connectivity index (χ1n) is 5.53. The van der Waals surface area contributed by atoms with E-state index in [1.807, 2.05) is 13.8 Å². The fraction of sp³-hybridized carbons (Fsp3) is 0.636. The average Bonchev–Trinajstić information content (AvgIpc) is 2.23. The molecule has 1 rings (SSSR count). The molecular formula is C11H15ClF3N3. The van der Waals surface area contributed by atoms with Gasteiger partial charge in [-0.25, -0.2) is 9.97 Å². The number of nitrogens with zero attached hydrogens (tertiary/aromatic N) is 3. The molecule has 0 spiro atoms. The lowest BCUT2D eigenvalue weighted by Gasteiger charge is -2.20. The molecule has 7 heteroatoms. The Kier molecular flexibility index (Phi) is 4.78. The maximum Gasteiger partial charge on any atom is 0.433 e. The Bertz CT molecular complexity index is 407. The molecular weight excluding hydrogens is 267 g/mol. The minimum absolute atomic E-state index is 0.183. The summed E-state index contributed by atoms with van der Waals surface area (Å²) in [4.78, 5) is 8.63. The predicted octanol–water partition coefficient (Wildman–Crippen LogP) is 3.63. The third-order valence-electron chi connectivity index (χ3n) is 2.41. The van der Waals surface area contributed by atoms with Gasteiger partial charge in [0.2, 0.25) is 5.28 Å². The number of hydrogen-bond donors (Lipinski definition) is 0. The molecule has 0 unspecified atom stereocenters. The molecule has 0 amide bonds. The lowest BCUT2D eigenvalue weighted by atomic mass is 10.1. The van der Waals surface area contributed by atoms with Crippen molar-refractivity contribution in [2.24, 2.45) is 5.92 Å². The van der Waals surface area contributed by atoms with E-state index < -0.39 is 17.2 Å². The summed E-state index contributed by atoms with van der Waals surface area (Å²) in [6.07, 6.45) is -3.65. The number of rotatable bonds is 4. The number of alkyl halides is 3. The van der Waals surface area contributed by atoms with Crippen molar-refractivity contribution in [3.8, 4) is 0 Å². The van der Waals surface area contributed by atoms with Gasteiger partial charge in [-0.2, -0.15) is 13.2 Å². The SMILES string of the molecule is CC(C)CCN(C)c1cc(C(F)(F)F)nc(Cl)n1. The fourth-order valence-corrected chi connectivity index (χ4v) is 1.49. The fourth-order valence-electron chi connectivity index (χ4n) is 1.31. The molecule has 0 aliphatic carbocycles. The summed E-state index contributed by atoms with van der Waals surface area (Å²) >= 11 is 5.51. The minimum Gasteiger partial charge on any atom is -0.360 e. The lowest BCUT2D eigenvalue weighted by Crippen LogP contribution is -2.22. The Morgan fingerprint density at radius 1 is 1.33 bits per heavy atom. The van der Waals surface area contributed by atoms with Gasteiger partial charge >= 0.3 is 6.18 Å². The van der Waals surface area contributed by atoms with Crippen LogP contribution in [0.3, 0.4) is 0 Å². The molecule has 0 atom stereocenters. The second kappa shape index (κ2) is 5.73. The van der Waals surface area contributed by atoms with Crippen LogP contribution < -0.4 is 4.90 Å². The van der Waals surface area contributed by atoms with Gasteiger partial charge in [0.1, 0.15) is 5.82 Å². The highest BCUT2D eigenvalue weighted by atomic mass is 35.5. The summed E-state index contributed by atoms with van der Waals surface area (Å²) in [5, 5.41) is -0.392. The van der Waals surface area contributed by atoms with E-state index in [1.165, 1.54) is 0 Å². The van der Waals surface area contributed by atoms with E-state index in [1.54, 1.807) is 11.9 Å². The van der Waals surface area contributed by atoms with Crippen LogP contribution in [-0.4, -0.2) is 23.6 Å². The van der Waals surface area contributed by atoms with Crippen molar-refractivity contribution < 1.29 is 13.2 Å². The first-order valence-corrected chi connectivity index (χ1v) is 5.91. The second-order valence-electron chi connectivity index (χ2n) is 4.48. The molecule has 1 heterocycles. The maximum absolute atomic E-state index is 12.6. The first-order chi connectivity index (χ1) is 8.20. The second-order valence-corrected chi connectivity index (χ2v) is 4.82. The molecule has 18 heavy (non-hydrogen) atoms. The van der Waals surface area contributed by atoms with E-state index in [9.17, 15) is 13.2 Å². The highest BCUT2D eigenvalue weighted by Gasteiger charge is 2.33. The number of anilines is 1. The van der Waals surface area contributed by atoms with Gasteiger partial charge in [0.05, 0.1) is 0 Å². The molecule has 0 radical (unpaired) electrons. The quantitative estimate of drug-likeness (QED) is 0.789. The third-order valence-corrected chi connectivity index (χ3v) is 2.58. The van der Waals surface area contributed by atoms with Crippen LogP contribution in [0.1, 0.15) is 26.0 Å². The van der Waals surface area contributed by atoms with Crippen LogP contribution in [0.15, 0.2) is 6.07 Å². The minimum atomic E-state index is -4.51. The number of hydrogen-bond acceptors (Lipinski definition) is 3. The number of aromatic nitrogens is 2. The van der Waals surface area contributed by atoms with Gasteiger partial charge in [0, 0.05) is 19.7 Å². The normalized spacial score (nSPS) is 12.0. The Morgan fingerprint density at radius 2 is 1.94 bits per heavy atom. The van der Waals surface area contributed by atoms with Gasteiger partial charge in [0.15, 0.2) is 5.69 Å². The van der Waals surface area contributed by atoms with Crippen molar-refractivity contribution in [3.63, 3.8) is 0 Å². The molecule has 3 nitrogen and oxygen atoms in total. The summed E-state index contributed by atoms with van der Waals surface area (Å²) in [5.41, 5.74) is -1.02. The summed E-state index contributed by atoms with van der Waals surface area (Å²) in [6.45, 7) is 4.70. The zero-order valence-corrected chi connectivity index (χ0v) is 11.2. The molecule has 0 N–H and O–H groups in total. The van der Waals surface area contributed by atoms with Gasteiger partial charge in [0.25, 0.3) is 0 Å². The topological polar surface area (TPSA) is 29.0 Å². The van der Waals surface area contributed by atoms with Crippen LogP contribution in [0, 0.1) is 5.92 Å². The molecule has 0 aliphatic rings. The number of halogens is 4. The Balaban J connectivity index is 2.92. The van der Waals surface area contributed by atoms with Crippen molar-refractivity contribution in [2.45, 2.75) is 26.4 Å². The Hall–Kier alpha value is -1.04. The molecule has 0 fully saturated rings. The summed E-state index contributed by atoms with van der Waals surface area (Å²) in [7, 11) is 1.68. The van der Waals surface area contributed by atoms with Crippen molar-refractivity contribution in [3.05, 3.63) is 17.0 Å². The van der Waals surface area contributed by atoms with E-state index in [2.05, 4.69) is 9.97 Å². The molecule has 0 aliphatic heterocycles. The Labute approximate surface area is 109 Å². The van der Waals surface area contributed by atoms with Gasteiger partial charge in [-0.1, -0.05) is 13.8 Å². The standard InChI is InChI=1S/C11H15ClF3N3/c1-7(2)4-5-18(3)9-6-8(11(13,14)15)16-10(12)17-9/h6-7H,4-5H2,1-3H3. The van der Waals surface area contributed by atoms with Gasteiger partial charge in [-0.15, -0.1) is 0 Å². The lowest BCUT2D eigenvalue weighted by molar-refractivity contribution is -0.141. The zero-order valence-electron chi connectivity index (χ0n) is 10.4. The van der Waals surface area contributed by atoms with Crippen LogP contribution in [0.4, 0.5) is 19.0 Å².